The summed E-state index contributed by atoms with van der Waals surface area (Å²) in [7, 11) is 0. The molecule has 0 fully saturated rings. The number of benzene rings is 3. The largest absolute Gasteiger partial charge is 0.454 e. The number of hydrogen-bond donors (Lipinski definition) is 1. The molecule has 0 saturated heterocycles. The van der Waals surface area contributed by atoms with E-state index >= 15 is 0 Å². The van der Waals surface area contributed by atoms with Crippen LogP contribution >= 0.6 is 0 Å². The number of ether oxygens (including phenoxy) is 2. The van der Waals surface area contributed by atoms with Gasteiger partial charge in [-0.15, -0.1) is 0 Å². The van der Waals surface area contributed by atoms with E-state index in [1.54, 1.807) is 4.90 Å². The van der Waals surface area contributed by atoms with Crippen LogP contribution in [0.3, 0.4) is 0 Å². The summed E-state index contributed by atoms with van der Waals surface area (Å²) in [5.41, 5.74) is 3.72. The normalized spacial score (nSPS) is 13.2. The Morgan fingerprint density at radius 1 is 0.892 bits per heavy atom. The van der Waals surface area contributed by atoms with Crippen molar-refractivity contribution in [2.45, 2.75) is 65.1 Å². The van der Waals surface area contributed by atoms with Crippen molar-refractivity contribution in [1.29, 1.82) is 0 Å². The first kappa shape index (κ1) is 26.3. The summed E-state index contributed by atoms with van der Waals surface area (Å²) < 4.78 is 10.9. The summed E-state index contributed by atoms with van der Waals surface area (Å²) >= 11 is 0. The Bertz CT molecular complexity index is 1220. The Morgan fingerprint density at radius 3 is 2.27 bits per heavy atom. The van der Waals surface area contributed by atoms with Crippen molar-refractivity contribution in [3.05, 3.63) is 95.1 Å². The third-order valence-electron chi connectivity index (χ3n) is 6.31. The fourth-order valence-electron chi connectivity index (χ4n) is 4.39. The van der Waals surface area contributed by atoms with E-state index in [1.165, 1.54) is 0 Å². The van der Waals surface area contributed by atoms with Gasteiger partial charge in [-0.25, -0.2) is 0 Å². The molecule has 1 unspecified atom stereocenters. The van der Waals surface area contributed by atoms with Crippen LogP contribution in [0, 0.1) is 6.92 Å². The first-order chi connectivity index (χ1) is 17.7. The molecule has 3 aromatic carbocycles. The molecule has 0 bridgehead atoms. The van der Waals surface area contributed by atoms with Gasteiger partial charge in [0.1, 0.15) is 6.04 Å². The van der Waals surface area contributed by atoms with E-state index in [-0.39, 0.29) is 25.0 Å². The second-order valence-corrected chi connectivity index (χ2v) is 10.6. The predicted molar refractivity (Wildman–Crippen MR) is 144 cm³/mol. The van der Waals surface area contributed by atoms with Gasteiger partial charge in [0.2, 0.25) is 18.6 Å². The average molecular weight is 501 g/mol. The zero-order valence-corrected chi connectivity index (χ0v) is 22.1. The zero-order chi connectivity index (χ0) is 26.4. The number of carbonyl (C=O) groups excluding carboxylic acids is 2. The molecular weight excluding hydrogens is 464 g/mol. The van der Waals surface area contributed by atoms with Gasteiger partial charge < -0.3 is 19.7 Å². The lowest BCUT2D eigenvalue weighted by atomic mass is 9.99. The molecule has 6 heteroatoms. The molecule has 1 atom stereocenters. The van der Waals surface area contributed by atoms with E-state index in [2.05, 4.69) is 5.32 Å². The molecule has 0 aromatic heterocycles. The van der Waals surface area contributed by atoms with E-state index in [1.807, 2.05) is 100 Å². The summed E-state index contributed by atoms with van der Waals surface area (Å²) in [4.78, 5) is 29.2. The van der Waals surface area contributed by atoms with Crippen molar-refractivity contribution in [2.75, 3.05) is 6.79 Å². The highest BCUT2D eigenvalue weighted by Gasteiger charge is 2.32. The molecule has 0 spiro atoms. The van der Waals surface area contributed by atoms with Crippen molar-refractivity contribution in [2.24, 2.45) is 0 Å². The van der Waals surface area contributed by atoms with Crippen molar-refractivity contribution >= 4 is 11.8 Å². The number of hydrogen-bond acceptors (Lipinski definition) is 4. The van der Waals surface area contributed by atoms with Crippen LogP contribution in [-0.4, -0.2) is 35.1 Å². The predicted octanol–water partition coefficient (Wildman–Crippen LogP) is 5.21. The van der Waals surface area contributed by atoms with Crippen LogP contribution in [0.2, 0.25) is 0 Å². The summed E-state index contributed by atoms with van der Waals surface area (Å²) in [5.74, 6) is 1.20. The maximum atomic E-state index is 13.8. The van der Waals surface area contributed by atoms with E-state index in [0.29, 0.717) is 25.1 Å². The molecule has 0 saturated carbocycles. The highest BCUT2D eigenvalue weighted by Crippen LogP contribution is 2.33. The van der Waals surface area contributed by atoms with Crippen molar-refractivity contribution in [3.63, 3.8) is 0 Å². The van der Waals surface area contributed by atoms with Crippen LogP contribution in [-0.2, 0) is 29.0 Å². The standard InChI is InChI=1S/C31H36N2O4/c1-22-10-12-25(13-11-22)20-33(29(34)17-15-24-14-16-27-28(19-24)37-21-36-27)26(30(35)32-31(2,3)4)18-23-8-6-5-7-9-23/h5-14,16,19,26H,15,17-18,20-21H2,1-4H3,(H,32,35). The van der Waals surface area contributed by atoms with Crippen LogP contribution in [0.25, 0.3) is 0 Å². The van der Waals surface area contributed by atoms with Crippen molar-refractivity contribution in [3.8, 4) is 11.5 Å². The van der Waals surface area contributed by atoms with Gasteiger partial charge in [-0.05, 0) is 62.9 Å². The maximum absolute atomic E-state index is 13.8. The highest BCUT2D eigenvalue weighted by molar-refractivity contribution is 5.88. The summed E-state index contributed by atoms with van der Waals surface area (Å²) in [6.45, 7) is 8.47. The molecule has 0 aliphatic carbocycles. The molecular formula is C31H36N2O4. The summed E-state index contributed by atoms with van der Waals surface area (Å²) in [6, 6.07) is 23.1. The Balaban J connectivity index is 1.60. The second kappa shape index (κ2) is 11.5. The van der Waals surface area contributed by atoms with Gasteiger partial charge in [-0.3, -0.25) is 9.59 Å². The molecule has 1 aliphatic rings. The zero-order valence-electron chi connectivity index (χ0n) is 22.1. The monoisotopic (exact) mass is 500 g/mol. The molecule has 2 amide bonds. The Hall–Kier alpha value is -3.80. The SMILES string of the molecule is Cc1ccc(CN(C(=O)CCc2ccc3c(c2)OCO3)C(Cc2ccccc2)C(=O)NC(C)(C)C)cc1. The smallest absolute Gasteiger partial charge is 0.243 e. The molecule has 3 aromatic rings. The highest BCUT2D eigenvalue weighted by atomic mass is 16.7. The fraction of sp³-hybridized carbons (Fsp3) is 0.355. The van der Waals surface area contributed by atoms with Crippen LogP contribution in [0.4, 0.5) is 0 Å². The minimum absolute atomic E-state index is 0.0665. The topological polar surface area (TPSA) is 67.9 Å². The minimum Gasteiger partial charge on any atom is -0.454 e. The lowest BCUT2D eigenvalue weighted by Crippen LogP contribution is -2.54. The molecule has 194 valence electrons. The summed E-state index contributed by atoms with van der Waals surface area (Å²) in [5, 5.41) is 3.11. The minimum atomic E-state index is -0.646. The van der Waals surface area contributed by atoms with Gasteiger partial charge in [-0.1, -0.05) is 66.2 Å². The number of rotatable bonds is 9. The van der Waals surface area contributed by atoms with Crippen molar-refractivity contribution < 1.29 is 19.1 Å². The van der Waals surface area contributed by atoms with Gasteiger partial charge in [0.25, 0.3) is 0 Å². The van der Waals surface area contributed by atoms with Gasteiger partial charge in [-0.2, -0.15) is 0 Å². The molecule has 4 rings (SSSR count). The molecule has 37 heavy (non-hydrogen) atoms. The molecule has 1 aliphatic heterocycles. The van der Waals surface area contributed by atoms with Gasteiger partial charge >= 0.3 is 0 Å². The molecule has 0 radical (unpaired) electrons. The van der Waals surface area contributed by atoms with Crippen LogP contribution < -0.4 is 14.8 Å². The summed E-state index contributed by atoms with van der Waals surface area (Å²) in [6.07, 6.45) is 1.25. The van der Waals surface area contributed by atoms with E-state index < -0.39 is 11.6 Å². The number of fused-ring (bicyclic) bond motifs is 1. The number of aryl methyl sites for hydroxylation is 2. The Kier molecular flexibility index (Phi) is 8.17. The number of amides is 2. The van der Waals surface area contributed by atoms with E-state index in [0.717, 1.165) is 28.0 Å². The number of carbonyl (C=O) groups is 2. The van der Waals surface area contributed by atoms with Gasteiger partial charge in [0.05, 0.1) is 0 Å². The lowest BCUT2D eigenvalue weighted by Gasteiger charge is -2.34. The molecule has 1 N–H and O–H groups in total. The van der Waals surface area contributed by atoms with Crippen molar-refractivity contribution in [1.82, 2.24) is 10.2 Å². The molecule has 6 nitrogen and oxygen atoms in total. The average Bonchev–Trinajstić information content (AvgIpc) is 3.33. The number of nitrogens with zero attached hydrogens (tertiary/aromatic N) is 1. The third kappa shape index (κ3) is 7.35. The van der Waals surface area contributed by atoms with Crippen LogP contribution in [0.15, 0.2) is 72.8 Å². The first-order valence-electron chi connectivity index (χ1n) is 12.8. The molecule has 1 heterocycles. The Morgan fingerprint density at radius 2 is 1.57 bits per heavy atom. The van der Waals surface area contributed by atoms with Crippen LogP contribution in [0.1, 0.15) is 49.4 Å². The quantitative estimate of drug-likeness (QED) is 0.438. The third-order valence-corrected chi connectivity index (χ3v) is 6.31. The van der Waals surface area contributed by atoms with Gasteiger partial charge in [0.15, 0.2) is 11.5 Å². The van der Waals surface area contributed by atoms with Crippen LogP contribution in [0.5, 0.6) is 11.5 Å². The van der Waals surface area contributed by atoms with Gasteiger partial charge in [0, 0.05) is 24.9 Å². The van der Waals surface area contributed by atoms with E-state index in [4.69, 9.17) is 9.47 Å². The van der Waals surface area contributed by atoms with E-state index in [9.17, 15) is 9.59 Å². The first-order valence-corrected chi connectivity index (χ1v) is 12.8. The fourth-order valence-corrected chi connectivity index (χ4v) is 4.39. The number of nitrogens with one attached hydrogen (secondary N) is 1. The lowest BCUT2D eigenvalue weighted by molar-refractivity contribution is -0.141. The second-order valence-electron chi connectivity index (χ2n) is 10.6. The Labute approximate surface area is 219 Å². The maximum Gasteiger partial charge on any atom is 0.243 e.